The zero-order valence-electron chi connectivity index (χ0n) is 8.44. The lowest BCUT2D eigenvalue weighted by molar-refractivity contribution is 0.0970. The van der Waals surface area contributed by atoms with E-state index in [1.165, 1.54) is 0 Å². The van der Waals surface area contributed by atoms with Gasteiger partial charge in [0.2, 0.25) is 0 Å². The van der Waals surface area contributed by atoms with Crippen molar-refractivity contribution < 1.29 is 13.5 Å². The molecule has 0 saturated heterocycles. The fourth-order valence-corrected chi connectivity index (χ4v) is 2.02. The van der Waals surface area contributed by atoms with Crippen molar-refractivity contribution in [2.24, 2.45) is 5.92 Å². The fraction of sp³-hybridized carbons (Fsp3) is 0.636. The van der Waals surface area contributed by atoms with E-state index in [1.807, 2.05) is 6.92 Å². The number of allylic oxidation sites excluding steroid dienone is 3. The number of hydrogen-bond acceptors (Lipinski definition) is 1. The maximum atomic E-state index is 13.5. The summed E-state index contributed by atoms with van der Waals surface area (Å²) in [5.41, 5.74) is 0.939. The zero-order valence-corrected chi connectivity index (χ0v) is 8.44. The van der Waals surface area contributed by atoms with E-state index in [0.29, 0.717) is 6.42 Å². The number of hydrogen-bond donors (Lipinski definition) is 0. The number of halogens is 2. The topological polar surface area (TPSA) is 9.23 Å². The Morgan fingerprint density at radius 3 is 2.71 bits per heavy atom. The summed E-state index contributed by atoms with van der Waals surface area (Å²) in [5.74, 6) is -1.58. The van der Waals surface area contributed by atoms with Crippen molar-refractivity contribution in [3.05, 3.63) is 23.0 Å². The highest BCUT2D eigenvalue weighted by atomic mass is 19.2. The van der Waals surface area contributed by atoms with Crippen molar-refractivity contribution in [2.45, 2.75) is 39.2 Å². The smallest absolute Gasteiger partial charge is 0.196 e. The Morgan fingerprint density at radius 1 is 1.29 bits per heavy atom. The van der Waals surface area contributed by atoms with Gasteiger partial charge in [-0.3, -0.25) is 0 Å². The molecule has 0 aromatic carbocycles. The summed E-state index contributed by atoms with van der Waals surface area (Å²) in [7, 11) is 0. The highest BCUT2D eigenvalue weighted by molar-refractivity contribution is 5.34. The van der Waals surface area contributed by atoms with Crippen molar-refractivity contribution >= 4 is 0 Å². The molecule has 0 amide bonds. The van der Waals surface area contributed by atoms with Crippen LogP contribution in [0.15, 0.2) is 23.0 Å². The second kappa shape index (κ2) is 3.37. The second-order valence-corrected chi connectivity index (χ2v) is 4.17. The zero-order chi connectivity index (χ0) is 10.3. The van der Waals surface area contributed by atoms with E-state index in [2.05, 4.69) is 0 Å². The first kappa shape index (κ1) is 9.69. The molecule has 0 N–H and O–H groups in total. The number of rotatable bonds is 0. The number of ether oxygens (including phenoxy) is 1. The lowest BCUT2D eigenvalue weighted by atomic mass is 9.88. The predicted octanol–water partition coefficient (Wildman–Crippen LogP) is 3.63. The van der Waals surface area contributed by atoms with E-state index < -0.39 is 11.7 Å². The second-order valence-electron chi connectivity index (χ2n) is 4.17. The van der Waals surface area contributed by atoms with Gasteiger partial charge in [0, 0.05) is 5.92 Å². The van der Waals surface area contributed by atoms with Crippen molar-refractivity contribution in [1.82, 2.24) is 0 Å². The summed E-state index contributed by atoms with van der Waals surface area (Å²) in [6.07, 6.45) is 2.34. The lowest BCUT2D eigenvalue weighted by Crippen LogP contribution is -2.21. The van der Waals surface area contributed by atoms with Gasteiger partial charge in [-0.25, -0.2) is 4.39 Å². The van der Waals surface area contributed by atoms with E-state index in [9.17, 15) is 8.78 Å². The van der Waals surface area contributed by atoms with Crippen LogP contribution in [0.5, 0.6) is 0 Å². The van der Waals surface area contributed by atoms with Crippen LogP contribution in [0.4, 0.5) is 8.78 Å². The van der Waals surface area contributed by atoms with Gasteiger partial charge in [-0.05, 0) is 31.8 Å². The van der Waals surface area contributed by atoms with Crippen molar-refractivity contribution in [1.29, 1.82) is 0 Å². The summed E-state index contributed by atoms with van der Waals surface area (Å²) >= 11 is 0. The quantitative estimate of drug-likeness (QED) is 0.580. The predicted molar refractivity (Wildman–Crippen MR) is 49.8 cm³/mol. The summed E-state index contributed by atoms with van der Waals surface area (Å²) in [6.45, 7) is 3.59. The van der Waals surface area contributed by atoms with Gasteiger partial charge in [-0.2, -0.15) is 4.39 Å². The van der Waals surface area contributed by atoms with Gasteiger partial charge in [0.15, 0.2) is 11.6 Å². The summed E-state index contributed by atoms with van der Waals surface area (Å²) in [6, 6.07) is 0. The van der Waals surface area contributed by atoms with Crippen LogP contribution >= 0.6 is 0 Å². The van der Waals surface area contributed by atoms with E-state index >= 15 is 0 Å². The van der Waals surface area contributed by atoms with Crippen LogP contribution in [0.3, 0.4) is 0 Å². The molecule has 1 aliphatic heterocycles. The third kappa shape index (κ3) is 1.45. The molecule has 0 saturated carbocycles. The van der Waals surface area contributed by atoms with Crippen LogP contribution in [-0.2, 0) is 4.74 Å². The van der Waals surface area contributed by atoms with E-state index in [4.69, 9.17) is 4.74 Å². The summed E-state index contributed by atoms with van der Waals surface area (Å²) in [5, 5.41) is 0. The molecule has 14 heavy (non-hydrogen) atoms. The standard InChI is InChI=1S/C11H14F2O/c1-6-5-8-4-3-7(2)14-11(8)10(13)9(6)12/h6-7H,3-5H2,1-2H3. The van der Waals surface area contributed by atoms with Gasteiger partial charge < -0.3 is 4.74 Å². The average molecular weight is 200 g/mol. The highest BCUT2D eigenvalue weighted by Gasteiger charge is 2.32. The monoisotopic (exact) mass is 200 g/mol. The molecule has 2 unspecified atom stereocenters. The maximum absolute atomic E-state index is 13.5. The molecule has 1 heterocycles. The van der Waals surface area contributed by atoms with E-state index in [-0.39, 0.29) is 17.8 Å². The first-order valence-electron chi connectivity index (χ1n) is 5.03. The van der Waals surface area contributed by atoms with Crippen LogP contribution in [0, 0.1) is 5.92 Å². The Morgan fingerprint density at radius 2 is 2.00 bits per heavy atom. The lowest BCUT2D eigenvalue weighted by Gasteiger charge is -2.30. The molecule has 78 valence electrons. The van der Waals surface area contributed by atoms with Crippen LogP contribution in [0.25, 0.3) is 0 Å². The molecular formula is C11H14F2O. The van der Waals surface area contributed by atoms with Crippen LogP contribution in [0.1, 0.15) is 33.1 Å². The normalized spacial score (nSPS) is 32.9. The van der Waals surface area contributed by atoms with E-state index in [0.717, 1.165) is 18.4 Å². The first-order chi connectivity index (χ1) is 6.59. The average Bonchev–Trinajstić information content (AvgIpc) is 2.16. The summed E-state index contributed by atoms with van der Waals surface area (Å²) in [4.78, 5) is 0. The largest absolute Gasteiger partial charge is 0.488 e. The minimum absolute atomic E-state index is 0.000654. The SMILES string of the molecule is CC1CCC2=C(O1)C(F)=C(F)C(C)C2. The van der Waals surface area contributed by atoms with Crippen LogP contribution in [-0.4, -0.2) is 6.10 Å². The molecule has 0 spiro atoms. The fourth-order valence-electron chi connectivity index (χ4n) is 2.02. The molecule has 2 atom stereocenters. The van der Waals surface area contributed by atoms with Crippen molar-refractivity contribution in [3.8, 4) is 0 Å². The minimum Gasteiger partial charge on any atom is -0.488 e. The molecular weight excluding hydrogens is 186 g/mol. The molecule has 0 aromatic heterocycles. The summed E-state index contributed by atoms with van der Waals surface area (Å²) < 4.78 is 32.0. The maximum Gasteiger partial charge on any atom is 0.196 e. The van der Waals surface area contributed by atoms with Gasteiger partial charge in [0.25, 0.3) is 0 Å². The van der Waals surface area contributed by atoms with Gasteiger partial charge in [-0.15, -0.1) is 0 Å². The van der Waals surface area contributed by atoms with Crippen molar-refractivity contribution in [2.75, 3.05) is 0 Å². The molecule has 3 heteroatoms. The van der Waals surface area contributed by atoms with Gasteiger partial charge in [0.1, 0.15) is 5.83 Å². The molecule has 0 radical (unpaired) electrons. The molecule has 2 aliphatic rings. The Balaban J connectivity index is 2.35. The van der Waals surface area contributed by atoms with E-state index in [1.54, 1.807) is 6.92 Å². The Kier molecular flexibility index (Phi) is 2.33. The van der Waals surface area contributed by atoms with Gasteiger partial charge in [0.05, 0.1) is 6.10 Å². The molecule has 2 rings (SSSR count). The minimum atomic E-state index is -0.773. The first-order valence-corrected chi connectivity index (χ1v) is 5.03. The Labute approximate surface area is 82.4 Å². The molecule has 0 fully saturated rings. The third-order valence-corrected chi connectivity index (χ3v) is 2.89. The highest BCUT2D eigenvalue weighted by Crippen LogP contribution is 2.41. The van der Waals surface area contributed by atoms with Crippen LogP contribution < -0.4 is 0 Å². The Bertz CT molecular complexity index is 317. The molecule has 0 bridgehead atoms. The third-order valence-electron chi connectivity index (χ3n) is 2.89. The van der Waals surface area contributed by atoms with Crippen molar-refractivity contribution in [3.63, 3.8) is 0 Å². The molecule has 1 nitrogen and oxygen atoms in total. The molecule has 0 aromatic rings. The molecule has 1 aliphatic carbocycles. The Hall–Kier alpha value is -0.860. The van der Waals surface area contributed by atoms with Gasteiger partial charge >= 0.3 is 0 Å². The van der Waals surface area contributed by atoms with Gasteiger partial charge in [-0.1, -0.05) is 6.92 Å². The van der Waals surface area contributed by atoms with Crippen LogP contribution in [0.2, 0.25) is 0 Å².